The third-order valence-electron chi connectivity index (χ3n) is 7.62. The number of halogens is 4. The fourth-order valence-electron chi connectivity index (χ4n) is 4.85. The fraction of sp³-hybridized carbons (Fsp3) is 0.242. The van der Waals surface area contributed by atoms with E-state index in [9.17, 15) is 18.4 Å². The van der Waals surface area contributed by atoms with Crippen molar-refractivity contribution in [2.45, 2.75) is 37.5 Å². The molecule has 0 spiro atoms. The molecule has 44 heavy (non-hydrogen) atoms. The summed E-state index contributed by atoms with van der Waals surface area (Å²) in [5.74, 6) is -1.20. The number of carbonyl (C=O) groups is 2. The zero-order valence-corrected chi connectivity index (χ0v) is 25.6. The van der Waals surface area contributed by atoms with Gasteiger partial charge in [-0.05, 0) is 104 Å². The number of hydrogen-bond donors (Lipinski definition) is 1. The summed E-state index contributed by atoms with van der Waals surface area (Å²) in [6, 6.07) is 20.6. The van der Waals surface area contributed by atoms with Crippen LogP contribution in [0.4, 0.5) is 8.78 Å². The van der Waals surface area contributed by atoms with Crippen molar-refractivity contribution >= 4 is 35.1 Å². The summed E-state index contributed by atoms with van der Waals surface area (Å²) in [5, 5.41) is 12.4. The van der Waals surface area contributed by atoms with E-state index in [1.54, 1.807) is 43.3 Å². The maximum atomic E-state index is 13.1. The smallest absolute Gasteiger partial charge is 0.317 e. The highest BCUT2D eigenvalue weighted by Gasteiger charge is 2.40. The van der Waals surface area contributed by atoms with Gasteiger partial charge in [0, 0.05) is 17.7 Å². The number of pyridine rings is 2. The van der Waals surface area contributed by atoms with E-state index < -0.39 is 16.8 Å². The molecule has 2 aromatic carbocycles. The molecule has 1 fully saturated rings. The van der Waals surface area contributed by atoms with E-state index in [0.29, 0.717) is 34.2 Å². The minimum absolute atomic E-state index is 0.00479. The van der Waals surface area contributed by atoms with Crippen LogP contribution in [-0.2, 0) is 25.2 Å². The molecule has 0 aliphatic carbocycles. The Labute approximate surface area is 263 Å². The molecule has 226 valence electrons. The van der Waals surface area contributed by atoms with Gasteiger partial charge in [-0.3, -0.25) is 9.59 Å². The van der Waals surface area contributed by atoms with Gasteiger partial charge in [0.25, 0.3) is 0 Å². The molecule has 3 heterocycles. The molecule has 1 saturated heterocycles. The van der Waals surface area contributed by atoms with Gasteiger partial charge in [-0.2, -0.15) is 5.26 Å². The highest BCUT2D eigenvalue weighted by Crippen LogP contribution is 2.35. The third-order valence-corrected chi connectivity index (χ3v) is 8.01. The Balaban J connectivity index is 0.000000201. The molecule has 1 aliphatic heterocycles. The Kier molecular flexibility index (Phi) is 9.98. The molecule has 1 N–H and O–H groups in total. The van der Waals surface area contributed by atoms with Crippen LogP contribution in [0.2, 0.25) is 10.3 Å². The van der Waals surface area contributed by atoms with Crippen molar-refractivity contribution in [3.8, 4) is 28.6 Å². The minimum atomic E-state index is -1.16. The van der Waals surface area contributed by atoms with Crippen LogP contribution >= 0.6 is 23.2 Å². The van der Waals surface area contributed by atoms with Gasteiger partial charge in [-0.15, -0.1) is 0 Å². The van der Waals surface area contributed by atoms with Crippen molar-refractivity contribution in [3.63, 3.8) is 0 Å². The molecule has 7 nitrogen and oxygen atoms in total. The van der Waals surface area contributed by atoms with Crippen LogP contribution in [0.25, 0.3) is 22.5 Å². The summed E-state index contributed by atoms with van der Waals surface area (Å²) >= 11 is 12.2. The molecule has 1 aliphatic rings. The molecule has 0 saturated carbocycles. The molecule has 2 aromatic heterocycles. The van der Waals surface area contributed by atoms with Gasteiger partial charge in [-0.25, -0.2) is 18.7 Å². The van der Waals surface area contributed by atoms with E-state index in [0.717, 1.165) is 17.5 Å². The normalized spacial score (nSPS) is 17.0. The minimum Gasteiger partial charge on any atom is -0.468 e. The Morgan fingerprint density at radius 1 is 0.977 bits per heavy atom. The van der Waals surface area contributed by atoms with Gasteiger partial charge < -0.3 is 10.1 Å². The average Bonchev–Trinajstić information content (AvgIpc) is 3.35. The molecule has 2 unspecified atom stereocenters. The predicted octanol–water partition coefficient (Wildman–Crippen LogP) is 7.20. The standard InChI is InChI=1S/C17H14ClFN2O2.C16H14ClFN2O/c1-17(7-8-20,16(22)23-2)12-9-14(21-15(18)10-12)11-3-5-13(19)6-4-11;1-16(6-7-19-15(16)21)11-8-13(20-14(17)9-11)10-2-4-12(18)5-3-10/h3-6,9-10H,7H2,1-2H3;2-5,8-9H,6-7H2,1H3,(H,19,21). The number of methoxy groups -OCH3 is 1. The van der Waals surface area contributed by atoms with Crippen molar-refractivity contribution in [2.24, 2.45) is 0 Å². The monoisotopic (exact) mass is 636 g/mol. The average molecular weight is 638 g/mol. The summed E-state index contributed by atoms with van der Waals surface area (Å²) in [6.45, 7) is 4.17. The molecule has 1 amide bonds. The van der Waals surface area contributed by atoms with Crippen molar-refractivity contribution in [3.05, 3.63) is 106 Å². The first kappa shape index (κ1) is 32.5. The largest absolute Gasteiger partial charge is 0.468 e. The Bertz CT molecular complexity index is 1730. The van der Waals surface area contributed by atoms with Crippen LogP contribution in [0, 0.1) is 23.0 Å². The first-order chi connectivity index (χ1) is 20.9. The molecule has 2 atom stereocenters. The van der Waals surface area contributed by atoms with Gasteiger partial charge in [0.15, 0.2) is 0 Å². The van der Waals surface area contributed by atoms with Crippen molar-refractivity contribution in [2.75, 3.05) is 13.7 Å². The Hall–Kier alpha value is -4.39. The Morgan fingerprint density at radius 3 is 1.98 bits per heavy atom. The van der Waals surface area contributed by atoms with E-state index >= 15 is 0 Å². The number of amides is 1. The highest BCUT2D eigenvalue weighted by atomic mass is 35.5. The number of ether oxygens (including phenoxy) is 1. The molecule has 11 heteroatoms. The predicted molar refractivity (Wildman–Crippen MR) is 164 cm³/mol. The topological polar surface area (TPSA) is 105 Å². The van der Waals surface area contributed by atoms with Crippen LogP contribution in [0.3, 0.4) is 0 Å². The van der Waals surface area contributed by atoms with E-state index in [1.807, 2.05) is 19.1 Å². The molecular formula is C33H28Cl2F2N4O3. The fourth-order valence-corrected chi connectivity index (χ4v) is 5.27. The van der Waals surface area contributed by atoms with Crippen LogP contribution < -0.4 is 5.32 Å². The van der Waals surface area contributed by atoms with Gasteiger partial charge in [0.1, 0.15) is 27.4 Å². The molecule has 4 aromatic rings. The lowest BCUT2D eigenvalue weighted by atomic mass is 9.80. The summed E-state index contributed by atoms with van der Waals surface area (Å²) < 4.78 is 30.9. The lowest BCUT2D eigenvalue weighted by molar-refractivity contribution is -0.146. The number of esters is 1. The second-order valence-corrected chi connectivity index (χ2v) is 11.4. The summed E-state index contributed by atoms with van der Waals surface area (Å²) in [7, 11) is 1.27. The van der Waals surface area contributed by atoms with Crippen LogP contribution in [-0.4, -0.2) is 35.5 Å². The first-order valence-corrected chi connectivity index (χ1v) is 14.3. The van der Waals surface area contributed by atoms with Crippen LogP contribution in [0.15, 0.2) is 72.8 Å². The van der Waals surface area contributed by atoms with Crippen molar-refractivity contribution in [1.82, 2.24) is 15.3 Å². The summed E-state index contributed by atoms with van der Waals surface area (Å²) in [6.07, 6.45) is 0.651. The maximum absolute atomic E-state index is 13.1. The number of nitriles is 1. The zero-order valence-electron chi connectivity index (χ0n) is 24.1. The number of rotatable bonds is 6. The lowest BCUT2D eigenvalue weighted by Gasteiger charge is -2.25. The maximum Gasteiger partial charge on any atom is 0.317 e. The quantitative estimate of drug-likeness (QED) is 0.177. The lowest BCUT2D eigenvalue weighted by Crippen LogP contribution is -2.33. The van der Waals surface area contributed by atoms with E-state index in [4.69, 9.17) is 33.2 Å². The molecule has 0 bridgehead atoms. The zero-order chi connectivity index (χ0) is 32.1. The number of aromatic nitrogens is 2. The Morgan fingerprint density at radius 2 is 1.50 bits per heavy atom. The van der Waals surface area contributed by atoms with Crippen LogP contribution in [0.1, 0.15) is 37.8 Å². The van der Waals surface area contributed by atoms with Gasteiger partial charge in [-0.1, -0.05) is 23.2 Å². The van der Waals surface area contributed by atoms with E-state index in [-0.39, 0.29) is 29.1 Å². The number of benzene rings is 2. The van der Waals surface area contributed by atoms with E-state index in [2.05, 4.69) is 15.3 Å². The molecular weight excluding hydrogens is 609 g/mol. The first-order valence-electron chi connectivity index (χ1n) is 13.5. The second-order valence-electron chi connectivity index (χ2n) is 10.6. The number of carbonyl (C=O) groups excluding carboxylic acids is 2. The van der Waals surface area contributed by atoms with Gasteiger partial charge >= 0.3 is 5.97 Å². The number of hydrogen-bond acceptors (Lipinski definition) is 6. The number of nitrogens with one attached hydrogen (secondary N) is 1. The summed E-state index contributed by atoms with van der Waals surface area (Å²) in [4.78, 5) is 32.7. The third kappa shape index (κ3) is 7.04. The number of nitrogens with zero attached hydrogens (tertiary/aromatic N) is 3. The van der Waals surface area contributed by atoms with Crippen molar-refractivity contribution in [1.29, 1.82) is 5.26 Å². The second kappa shape index (κ2) is 13.5. The van der Waals surface area contributed by atoms with Gasteiger partial charge in [0.05, 0.1) is 36.4 Å². The molecule has 0 radical (unpaired) electrons. The van der Waals surface area contributed by atoms with Gasteiger partial charge in [0.2, 0.25) is 5.91 Å². The van der Waals surface area contributed by atoms with E-state index in [1.165, 1.54) is 37.4 Å². The molecule has 5 rings (SSSR count). The highest BCUT2D eigenvalue weighted by molar-refractivity contribution is 6.30. The SMILES string of the molecule is CC1(c2cc(Cl)nc(-c3ccc(F)cc3)c2)CCNC1=O.COC(=O)C(C)(CC#N)c1cc(Cl)nc(-c2ccc(F)cc2)c1. The van der Waals surface area contributed by atoms with Crippen LogP contribution in [0.5, 0.6) is 0 Å². The van der Waals surface area contributed by atoms with Crippen molar-refractivity contribution < 1.29 is 23.1 Å². The summed E-state index contributed by atoms with van der Waals surface area (Å²) in [5.41, 5.74) is 2.13.